The summed E-state index contributed by atoms with van der Waals surface area (Å²) in [4.78, 5) is 3.69. The molecule has 78 valence electrons. The summed E-state index contributed by atoms with van der Waals surface area (Å²) in [7, 11) is 1.25. The van der Waals surface area contributed by atoms with E-state index in [4.69, 9.17) is 0 Å². The van der Waals surface area contributed by atoms with E-state index in [2.05, 4.69) is 26.2 Å². The van der Waals surface area contributed by atoms with E-state index in [1.807, 2.05) is 0 Å². The van der Waals surface area contributed by atoms with Gasteiger partial charge in [0.2, 0.25) is 0 Å². The van der Waals surface area contributed by atoms with E-state index in [1.54, 1.807) is 0 Å². The molecule has 1 aromatic rings. The van der Waals surface area contributed by atoms with E-state index < -0.39 is 12.2 Å². The average molecular weight is 269 g/mol. The Bertz CT molecular complexity index is 296. The molecule has 6 heteroatoms. The Morgan fingerprint density at radius 2 is 2.07 bits per heavy atom. The lowest BCUT2D eigenvalue weighted by Crippen LogP contribution is -2.32. The third-order valence-electron chi connectivity index (χ3n) is 1.66. The van der Waals surface area contributed by atoms with Crippen LogP contribution in [-0.4, -0.2) is 18.2 Å². The number of hydrogen-bond donors (Lipinski definition) is 1. The molecule has 0 aliphatic heterocycles. The van der Waals surface area contributed by atoms with Gasteiger partial charge in [0, 0.05) is 10.7 Å². The van der Waals surface area contributed by atoms with Gasteiger partial charge >= 0.3 is 6.18 Å². The van der Waals surface area contributed by atoms with Crippen LogP contribution in [0.3, 0.4) is 0 Å². The van der Waals surface area contributed by atoms with Crippen molar-refractivity contribution in [2.75, 3.05) is 7.05 Å². The second kappa shape index (κ2) is 4.27. The fraction of sp³-hybridized carbons (Fsp3) is 0.375. The van der Waals surface area contributed by atoms with E-state index >= 15 is 0 Å². The molecule has 0 amide bonds. The van der Waals surface area contributed by atoms with Gasteiger partial charge in [0.25, 0.3) is 0 Å². The first kappa shape index (κ1) is 11.5. The summed E-state index contributed by atoms with van der Waals surface area (Å²) in [6.45, 7) is 0. The maximum absolute atomic E-state index is 12.4. The van der Waals surface area contributed by atoms with Gasteiger partial charge in [-0.25, -0.2) is 0 Å². The van der Waals surface area contributed by atoms with Gasteiger partial charge in [-0.1, -0.05) is 0 Å². The summed E-state index contributed by atoms with van der Waals surface area (Å²) in [6.07, 6.45) is -2.99. The first-order valence-electron chi connectivity index (χ1n) is 3.80. The van der Waals surface area contributed by atoms with Crippen LogP contribution in [0, 0.1) is 0 Å². The number of nitrogens with zero attached hydrogens (tertiary/aromatic N) is 1. The summed E-state index contributed by atoms with van der Waals surface area (Å²) in [5.74, 6) is 0. The van der Waals surface area contributed by atoms with Crippen LogP contribution in [0.25, 0.3) is 0 Å². The molecule has 0 unspecified atom stereocenters. The van der Waals surface area contributed by atoms with Crippen molar-refractivity contribution in [2.45, 2.75) is 12.2 Å². The third-order valence-corrected chi connectivity index (χ3v) is 2.13. The van der Waals surface area contributed by atoms with Gasteiger partial charge in [0.05, 0.1) is 5.69 Å². The molecule has 0 saturated carbocycles. The number of aromatic nitrogens is 1. The number of rotatable bonds is 2. The van der Waals surface area contributed by atoms with Crippen LogP contribution in [0.5, 0.6) is 0 Å². The molecule has 0 aliphatic carbocycles. The zero-order valence-electron chi connectivity index (χ0n) is 7.27. The van der Waals surface area contributed by atoms with Gasteiger partial charge in [-0.05, 0) is 35.1 Å². The molecule has 0 radical (unpaired) electrons. The first-order chi connectivity index (χ1) is 6.45. The minimum absolute atomic E-state index is 0.0387. The maximum Gasteiger partial charge on any atom is 0.409 e. The molecular formula is C8H8BrF3N2. The summed E-state index contributed by atoms with van der Waals surface area (Å²) in [6, 6.07) is 1.15. The van der Waals surface area contributed by atoms with Crippen LogP contribution in [-0.2, 0) is 0 Å². The van der Waals surface area contributed by atoms with Crippen LogP contribution >= 0.6 is 15.9 Å². The fourth-order valence-electron chi connectivity index (χ4n) is 1.04. The minimum atomic E-state index is -4.32. The minimum Gasteiger partial charge on any atom is -0.304 e. The SMILES string of the molecule is CN[C@H](c1ccc(Br)cn1)C(F)(F)F. The van der Waals surface area contributed by atoms with Crippen LogP contribution in [0.2, 0.25) is 0 Å². The summed E-state index contributed by atoms with van der Waals surface area (Å²) in [5, 5.41) is 2.17. The van der Waals surface area contributed by atoms with E-state index in [9.17, 15) is 13.2 Å². The topological polar surface area (TPSA) is 24.9 Å². The lowest BCUT2D eigenvalue weighted by Gasteiger charge is -2.18. The van der Waals surface area contributed by atoms with Gasteiger partial charge in [0.15, 0.2) is 0 Å². The molecule has 0 aliphatic rings. The zero-order valence-corrected chi connectivity index (χ0v) is 8.85. The Kier molecular flexibility index (Phi) is 3.49. The molecular weight excluding hydrogens is 261 g/mol. The van der Waals surface area contributed by atoms with Crippen molar-refractivity contribution < 1.29 is 13.2 Å². The highest BCUT2D eigenvalue weighted by Gasteiger charge is 2.40. The van der Waals surface area contributed by atoms with Gasteiger partial charge in [0.1, 0.15) is 6.04 Å². The number of nitrogens with one attached hydrogen (secondary N) is 1. The van der Waals surface area contributed by atoms with E-state index in [-0.39, 0.29) is 5.69 Å². The number of halogens is 4. The molecule has 0 fully saturated rings. The Morgan fingerprint density at radius 1 is 1.43 bits per heavy atom. The van der Waals surface area contributed by atoms with E-state index in [1.165, 1.54) is 25.4 Å². The third kappa shape index (κ3) is 2.68. The molecule has 1 rings (SSSR count). The Labute approximate surface area is 87.7 Å². The Balaban J connectivity index is 2.96. The van der Waals surface area contributed by atoms with Crippen molar-refractivity contribution in [3.05, 3.63) is 28.5 Å². The highest BCUT2D eigenvalue weighted by Crippen LogP contribution is 2.31. The second-order valence-electron chi connectivity index (χ2n) is 2.66. The number of alkyl halides is 3. The normalized spacial score (nSPS) is 14.1. The average Bonchev–Trinajstić information content (AvgIpc) is 2.07. The van der Waals surface area contributed by atoms with Crippen LogP contribution in [0.4, 0.5) is 13.2 Å². The lowest BCUT2D eigenvalue weighted by molar-refractivity contribution is -0.157. The quantitative estimate of drug-likeness (QED) is 0.892. The molecule has 1 aromatic heterocycles. The van der Waals surface area contributed by atoms with Gasteiger partial charge in [-0.2, -0.15) is 13.2 Å². The van der Waals surface area contributed by atoms with Gasteiger partial charge in [-0.15, -0.1) is 0 Å². The number of pyridine rings is 1. The van der Waals surface area contributed by atoms with Crippen molar-refractivity contribution in [3.8, 4) is 0 Å². The Morgan fingerprint density at radius 3 is 2.43 bits per heavy atom. The largest absolute Gasteiger partial charge is 0.409 e. The van der Waals surface area contributed by atoms with Crippen LogP contribution < -0.4 is 5.32 Å². The highest BCUT2D eigenvalue weighted by atomic mass is 79.9. The second-order valence-corrected chi connectivity index (χ2v) is 3.58. The Hall–Kier alpha value is -0.620. The van der Waals surface area contributed by atoms with Crippen molar-refractivity contribution >= 4 is 15.9 Å². The lowest BCUT2D eigenvalue weighted by atomic mass is 10.2. The van der Waals surface area contributed by atoms with Crippen molar-refractivity contribution in [3.63, 3.8) is 0 Å². The molecule has 1 atom stereocenters. The highest BCUT2D eigenvalue weighted by molar-refractivity contribution is 9.10. The van der Waals surface area contributed by atoms with Crippen molar-refractivity contribution in [1.29, 1.82) is 0 Å². The maximum atomic E-state index is 12.4. The smallest absolute Gasteiger partial charge is 0.304 e. The molecule has 1 heterocycles. The first-order valence-corrected chi connectivity index (χ1v) is 4.60. The van der Waals surface area contributed by atoms with Crippen LogP contribution in [0.15, 0.2) is 22.8 Å². The molecule has 14 heavy (non-hydrogen) atoms. The van der Waals surface area contributed by atoms with E-state index in [0.717, 1.165) is 0 Å². The molecule has 1 N–H and O–H groups in total. The summed E-state index contributed by atoms with van der Waals surface area (Å²) in [5.41, 5.74) is -0.0387. The predicted molar refractivity (Wildman–Crippen MR) is 49.8 cm³/mol. The number of hydrogen-bond acceptors (Lipinski definition) is 2. The summed E-state index contributed by atoms with van der Waals surface area (Å²) >= 11 is 3.10. The molecule has 0 saturated heterocycles. The van der Waals surface area contributed by atoms with Crippen LogP contribution in [0.1, 0.15) is 11.7 Å². The van der Waals surface area contributed by atoms with Crippen molar-refractivity contribution in [1.82, 2.24) is 10.3 Å². The summed E-state index contributed by atoms with van der Waals surface area (Å²) < 4.78 is 37.8. The van der Waals surface area contributed by atoms with Gasteiger partial charge < -0.3 is 5.32 Å². The standard InChI is InChI=1S/C8H8BrF3N2/c1-13-7(8(10,11)12)6-3-2-5(9)4-14-6/h2-4,7,13H,1H3/t7-/m1/s1. The molecule has 0 spiro atoms. The zero-order chi connectivity index (χ0) is 10.8. The molecule has 0 aromatic carbocycles. The van der Waals surface area contributed by atoms with E-state index in [0.29, 0.717) is 4.47 Å². The monoisotopic (exact) mass is 268 g/mol. The van der Waals surface area contributed by atoms with Gasteiger partial charge in [-0.3, -0.25) is 4.98 Å². The molecule has 0 bridgehead atoms. The fourth-order valence-corrected chi connectivity index (χ4v) is 1.27. The molecule has 2 nitrogen and oxygen atoms in total. The van der Waals surface area contributed by atoms with Crippen molar-refractivity contribution in [2.24, 2.45) is 0 Å². The predicted octanol–water partition coefficient (Wildman–Crippen LogP) is 2.67.